The third-order valence-electron chi connectivity index (χ3n) is 8.35. The number of methoxy groups -OCH3 is 1. The lowest BCUT2D eigenvalue weighted by atomic mass is 9.86. The monoisotopic (exact) mass is 568 g/mol. The van der Waals surface area contributed by atoms with Crippen molar-refractivity contribution in [2.45, 2.75) is 82.2 Å². The second-order valence-corrected chi connectivity index (χ2v) is 11.0. The summed E-state index contributed by atoms with van der Waals surface area (Å²) in [7, 11) is 1.61. The van der Waals surface area contributed by atoms with Gasteiger partial charge in [-0.15, -0.1) is 0 Å². The Kier molecular flexibility index (Phi) is 9.92. The zero-order valence-corrected chi connectivity index (χ0v) is 23.9. The fourth-order valence-corrected chi connectivity index (χ4v) is 6.00. The van der Waals surface area contributed by atoms with Crippen molar-refractivity contribution < 1.29 is 33.2 Å². The van der Waals surface area contributed by atoms with E-state index in [1.807, 2.05) is 74.5 Å². The van der Waals surface area contributed by atoms with Crippen molar-refractivity contribution in [3.8, 4) is 0 Å². The molecule has 4 aliphatic rings. The summed E-state index contributed by atoms with van der Waals surface area (Å²) in [6, 6.07) is 19.3. The SMILES string of the molecule is CO[C@H]1OC2COC(c3ccccc3)O[C@H]2[C@H](C)C1N.C[C@@H]1C(N=[N+]=[N-])[C@@H](C)OC2COC(c3ccccc3)O[C@H]21. The lowest BCUT2D eigenvalue weighted by Gasteiger charge is -2.47. The number of benzene rings is 2. The molecule has 0 aliphatic carbocycles. The van der Waals surface area contributed by atoms with E-state index in [4.69, 9.17) is 44.4 Å². The van der Waals surface area contributed by atoms with Gasteiger partial charge in [-0.2, -0.15) is 0 Å². The van der Waals surface area contributed by atoms with Crippen LogP contribution in [0.3, 0.4) is 0 Å². The summed E-state index contributed by atoms with van der Waals surface area (Å²) in [4.78, 5) is 2.93. The van der Waals surface area contributed by atoms with Crippen molar-refractivity contribution in [1.82, 2.24) is 0 Å². The van der Waals surface area contributed by atoms with Gasteiger partial charge in [-0.3, -0.25) is 0 Å². The van der Waals surface area contributed by atoms with Crippen LogP contribution in [0, 0.1) is 11.8 Å². The molecule has 0 radical (unpaired) electrons. The Morgan fingerprint density at radius 3 is 1.80 bits per heavy atom. The minimum Gasteiger partial charge on any atom is -0.370 e. The van der Waals surface area contributed by atoms with Gasteiger partial charge in [-0.1, -0.05) is 79.6 Å². The molecule has 0 bridgehead atoms. The number of ether oxygens (including phenoxy) is 7. The van der Waals surface area contributed by atoms with Gasteiger partial charge >= 0.3 is 0 Å². The van der Waals surface area contributed by atoms with Gasteiger partial charge in [0.2, 0.25) is 0 Å². The normalized spacial score (nSPS) is 40.1. The molecule has 222 valence electrons. The summed E-state index contributed by atoms with van der Waals surface area (Å²) >= 11 is 0. The van der Waals surface area contributed by atoms with Gasteiger partial charge < -0.3 is 38.9 Å². The third kappa shape index (κ3) is 6.59. The summed E-state index contributed by atoms with van der Waals surface area (Å²) < 4.78 is 40.7. The van der Waals surface area contributed by atoms with Gasteiger partial charge in [0, 0.05) is 29.1 Å². The number of nitrogens with zero attached hydrogens (tertiary/aromatic N) is 3. The summed E-state index contributed by atoms with van der Waals surface area (Å²) in [5, 5.41) is 3.87. The van der Waals surface area contributed by atoms with Crippen LogP contribution in [0.25, 0.3) is 10.4 Å². The molecule has 6 rings (SSSR count). The Labute approximate surface area is 240 Å². The zero-order valence-electron chi connectivity index (χ0n) is 23.9. The average Bonchev–Trinajstić information content (AvgIpc) is 3.02. The molecule has 4 saturated heterocycles. The quantitative estimate of drug-likeness (QED) is 0.320. The number of hydrogen-bond donors (Lipinski definition) is 1. The highest BCUT2D eigenvalue weighted by molar-refractivity contribution is 5.17. The van der Waals surface area contributed by atoms with E-state index < -0.39 is 12.6 Å². The third-order valence-corrected chi connectivity index (χ3v) is 8.35. The van der Waals surface area contributed by atoms with E-state index in [0.29, 0.717) is 13.2 Å². The van der Waals surface area contributed by atoms with E-state index in [1.54, 1.807) is 7.11 Å². The molecule has 2 aromatic rings. The van der Waals surface area contributed by atoms with Crippen molar-refractivity contribution in [2.24, 2.45) is 22.7 Å². The van der Waals surface area contributed by atoms with E-state index in [-0.39, 0.29) is 60.7 Å². The summed E-state index contributed by atoms with van der Waals surface area (Å²) in [6.45, 7) is 7.02. The van der Waals surface area contributed by atoms with Crippen LogP contribution in [-0.2, 0) is 33.2 Å². The summed E-state index contributed by atoms with van der Waals surface area (Å²) in [5.41, 5.74) is 16.9. The Hall–Kier alpha value is -2.57. The van der Waals surface area contributed by atoms with Crippen LogP contribution in [-0.4, -0.2) is 69.2 Å². The molecule has 12 atom stereocenters. The maximum atomic E-state index is 8.72. The van der Waals surface area contributed by atoms with Crippen LogP contribution in [0.4, 0.5) is 0 Å². The molecule has 0 aromatic heterocycles. The molecule has 4 heterocycles. The van der Waals surface area contributed by atoms with E-state index >= 15 is 0 Å². The first-order valence-electron chi connectivity index (χ1n) is 14.2. The first-order chi connectivity index (χ1) is 19.9. The highest BCUT2D eigenvalue weighted by Gasteiger charge is 2.47. The highest BCUT2D eigenvalue weighted by Crippen LogP contribution is 2.38. The second kappa shape index (κ2) is 13.6. The fraction of sp³-hybridized carbons (Fsp3) is 0.600. The predicted octanol–water partition coefficient (Wildman–Crippen LogP) is 4.64. The van der Waals surface area contributed by atoms with E-state index in [9.17, 15) is 0 Å². The van der Waals surface area contributed by atoms with Gasteiger partial charge in [0.15, 0.2) is 18.9 Å². The largest absolute Gasteiger partial charge is 0.370 e. The lowest BCUT2D eigenvalue weighted by Crippen LogP contribution is -2.61. The minimum absolute atomic E-state index is 0.0737. The topological polar surface area (TPSA) is 139 Å². The zero-order chi connectivity index (χ0) is 28.9. The second-order valence-electron chi connectivity index (χ2n) is 11.0. The fourth-order valence-electron chi connectivity index (χ4n) is 6.00. The van der Waals surface area contributed by atoms with Crippen molar-refractivity contribution >= 4 is 0 Å². The van der Waals surface area contributed by atoms with Crippen LogP contribution in [0.2, 0.25) is 0 Å². The van der Waals surface area contributed by atoms with Gasteiger partial charge in [-0.25, -0.2) is 0 Å². The first kappa shape index (κ1) is 29.9. The number of fused-ring (bicyclic) bond motifs is 2. The van der Waals surface area contributed by atoms with Crippen LogP contribution in [0.5, 0.6) is 0 Å². The van der Waals surface area contributed by atoms with Crippen LogP contribution in [0.15, 0.2) is 65.8 Å². The number of nitrogens with two attached hydrogens (primary N) is 1. The first-order valence-corrected chi connectivity index (χ1v) is 14.2. The molecule has 2 N–H and O–H groups in total. The van der Waals surface area contributed by atoms with Crippen LogP contribution >= 0.6 is 0 Å². The maximum Gasteiger partial charge on any atom is 0.184 e. The van der Waals surface area contributed by atoms with Gasteiger partial charge in [0.1, 0.15) is 12.2 Å². The molecule has 0 spiro atoms. The molecule has 2 aromatic carbocycles. The average molecular weight is 569 g/mol. The van der Waals surface area contributed by atoms with Gasteiger partial charge in [0.25, 0.3) is 0 Å². The standard InChI is InChI=1S/C15H19N3O3.C15H21NO4/c1-9-13(17-18-16)10(2)20-12-8-19-15(21-14(9)12)11-6-4-3-5-7-11;1-9-12(16)15(17-2)19-11-8-18-14(20-13(9)11)10-6-4-3-5-7-10/h3-7,9-10,12-15H,8H2,1-2H3;3-7,9,11-15H,8,16H2,1-2H3/t9-,10-,12?,13?,14+,15?;9-,11?,12?,13+,14?,15+/m11/s1. The summed E-state index contributed by atoms with van der Waals surface area (Å²) in [6.07, 6.45) is -1.71. The number of hydrogen-bond acceptors (Lipinski definition) is 9. The van der Waals surface area contributed by atoms with E-state index in [1.165, 1.54) is 0 Å². The Bertz CT molecular complexity index is 1150. The Balaban J connectivity index is 0.000000165. The van der Waals surface area contributed by atoms with Crippen molar-refractivity contribution in [3.63, 3.8) is 0 Å². The molecular weight excluding hydrogens is 528 g/mol. The Morgan fingerprint density at radius 1 is 0.780 bits per heavy atom. The van der Waals surface area contributed by atoms with Crippen molar-refractivity contribution in [1.29, 1.82) is 0 Å². The molecule has 0 amide bonds. The van der Waals surface area contributed by atoms with Crippen LogP contribution < -0.4 is 5.73 Å². The van der Waals surface area contributed by atoms with E-state index in [0.717, 1.165) is 11.1 Å². The molecular formula is C30H40N4O7. The predicted molar refractivity (Wildman–Crippen MR) is 149 cm³/mol. The molecule has 11 nitrogen and oxygen atoms in total. The van der Waals surface area contributed by atoms with Crippen LogP contribution in [0.1, 0.15) is 44.5 Å². The summed E-state index contributed by atoms with van der Waals surface area (Å²) in [5.74, 6) is 0.235. The van der Waals surface area contributed by atoms with Crippen molar-refractivity contribution in [2.75, 3.05) is 20.3 Å². The minimum atomic E-state index is -0.397. The number of azide groups is 1. The molecule has 11 heteroatoms. The molecule has 4 fully saturated rings. The lowest BCUT2D eigenvalue weighted by molar-refractivity contribution is -0.330. The molecule has 0 saturated carbocycles. The molecule has 4 aliphatic heterocycles. The molecule has 41 heavy (non-hydrogen) atoms. The van der Waals surface area contributed by atoms with Gasteiger partial charge in [0.05, 0.1) is 43.6 Å². The number of rotatable bonds is 4. The smallest absolute Gasteiger partial charge is 0.184 e. The van der Waals surface area contributed by atoms with Crippen molar-refractivity contribution in [3.05, 3.63) is 82.2 Å². The maximum absolute atomic E-state index is 8.72. The van der Waals surface area contributed by atoms with E-state index in [2.05, 4.69) is 16.9 Å². The van der Waals surface area contributed by atoms with Gasteiger partial charge in [-0.05, 0) is 18.4 Å². The highest BCUT2D eigenvalue weighted by atomic mass is 16.7. The Morgan fingerprint density at radius 2 is 1.29 bits per heavy atom. The molecule has 6 unspecified atom stereocenters.